The number of pyridine rings is 1. The van der Waals surface area contributed by atoms with Gasteiger partial charge in [-0.2, -0.15) is 0 Å². The summed E-state index contributed by atoms with van der Waals surface area (Å²) in [6.07, 6.45) is 2.77. The van der Waals surface area contributed by atoms with Crippen LogP contribution in [0.5, 0.6) is 0 Å². The number of nitrogens with zero attached hydrogens (tertiary/aromatic N) is 1. The fraction of sp³-hybridized carbons (Fsp3) is 0.300. The van der Waals surface area contributed by atoms with Crippen LogP contribution in [0.1, 0.15) is 11.3 Å². The monoisotopic (exact) mass is 279 g/mol. The fourth-order valence-corrected chi connectivity index (χ4v) is 2.28. The summed E-state index contributed by atoms with van der Waals surface area (Å²) in [6, 6.07) is 1.84. The summed E-state index contributed by atoms with van der Waals surface area (Å²) in [5.41, 5.74) is 3.47. The number of aromatic nitrogens is 2. The highest BCUT2D eigenvalue weighted by atomic mass is 35.5. The number of halogens is 3. The molecule has 0 bridgehead atoms. The van der Waals surface area contributed by atoms with E-state index < -0.39 is 0 Å². The Bertz CT molecular complexity index is 495. The fourth-order valence-electron chi connectivity index (χ4n) is 2.02. The van der Waals surface area contributed by atoms with Crippen LogP contribution in [0.3, 0.4) is 0 Å². The van der Waals surface area contributed by atoms with Gasteiger partial charge in [-0.15, -0.1) is 24.8 Å². The van der Waals surface area contributed by atoms with Crippen molar-refractivity contribution >= 4 is 47.4 Å². The van der Waals surface area contributed by atoms with Gasteiger partial charge in [-0.05, 0) is 11.6 Å². The molecule has 16 heavy (non-hydrogen) atoms. The minimum absolute atomic E-state index is 0. The molecule has 0 saturated carbocycles. The van der Waals surface area contributed by atoms with Gasteiger partial charge in [-0.1, -0.05) is 11.6 Å². The Morgan fingerprint density at radius 1 is 1.31 bits per heavy atom. The van der Waals surface area contributed by atoms with Crippen LogP contribution in [-0.2, 0) is 13.0 Å². The smallest absolute Gasteiger partial charge is 0.139 e. The molecule has 3 rings (SSSR count). The van der Waals surface area contributed by atoms with Crippen molar-refractivity contribution in [3.63, 3.8) is 0 Å². The van der Waals surface area contributed by atoms with Gasteiger partial charge >= 0.3 is 0 Å². The molecule has 3 nitrogen and oxygen atoms in total. The summed E-state index contributed by atoms with van der Waals surface area (Å²) in [5.74, 6) is 0. The lowest BCUT2D eigenvalue weighted by Gasteiger charge is -2.12. The van der Waals surface area contributed by atoms with E-state index in [1.807, 2.05) is 6.07 Å². The van der Waals surface area contributed by atoms with Crippen molar-refractivity contribution in [2.24, 2.45) is 0 Å². The Labute approximate surface area is 111 Å². The minimum atomic E-state index is 0. The second-order valence-electron chi connectivity index (χ2n) is 3.53. The van der Waals surface area contributed by atoms with Crippen molar-refractivity contribution in [3.05, 3.63) is 28.5 Å². The Kier molecular flexibility index (Phi) is 4.44. The third kappa shape index (κ3) is 2.00. The molecule has 0 unspecified atom stereocenters. The standard InChI is InChI=1S/C10H10ClN3.2ClH/c11-7-1-4-13-10-9(7)6-5-12-3-2-8(6)14-10;;/h1,4,12H,2-3,5H2,(H,13,14);2*1H. The molecule has 6 heteroatoms. The molecule has 88 valence electrons. The van der Waals surface area contributed by atoms with Gasteiger partial charge in [-0.3, -0.25) is 0 Å². The first-order valence-corrected chi connectivity index (χ1v) is 5.08. The predicted octanol–water partition coefficient (Wildman–Crippen LogP) is 2.71. The maximum atomic E-state index is 6.15. The van der Waals surface area contributed by atoms with Crippen LogP contribution >= 0.6 is 36.4 Å². The Balaban J connectivity index is 0.000000640. The van der Waals surface area contributed by atoms with Gasteiger partial charge in [0.25, 0.3) is 0 Å². The molecule has 0 fully saturated rings. The lowest BCUT2D eigenvalue weighted by Crippen LogP contribution is -2.22. The lowest BCUT2D eigenvalue weighted by atomic mass is 10.1. The first-order chi connectivity index (χ1) is 6.86. The molecule has 0 amide bonds. The van der Waals surface area contributed by atoms with Crippen molar-refractivity contribution in [1.29, 1.82) is 0 Å². The van der Waals surface area contributed by atoms with Crippen molar-refractivity contribution in [1.82, 2.24) is 15.3 Å². The Hall–Kier alpha value is -0.480. The molecule has 2 N–H and O–H groups in total. The maximum absolute atomic E-state index is 6.15. The molecule has 1 aliphatic rings. The summed E-state index contributed by atoms with van der Waals surface area (Å²) < 4.78 is 0. The first kappa shape index (κ1) is 13.6. The zero-order valence-corrected chi connectivity index (χ0v) is 10.8. The van der Waals surface area contributed by atoms with E-state index in [1.54, 1.807) is 6.20 Å². The van der Waals surface area contributed by atoms with Gasteiger partial charge in [0, 0.05) is 36.8 Å². The van der Waals surface area contributed by atoms with Gasteiger partial charge in [0.2, 0.25) is 0 Å². The highest BCUT2D eigenvalue weighted by Crippen LogP contribution is 2.29. The van der Waals surface area contributed by atoms with Crippen molar-refractivity contribution in [2.75, 3.05) is 6.54 Å². The zero-order valence-electron chi connectivity index (χ0n) is 8.42. The predicted molar refractivity (Wildman–Crippen MR) is 71.0 cm³/mol. The van der Waals surface area contributed by atoms with Gasteiger partial charge in [0.1, 0.15) is 5.65 Å². The average molecular weight is 281 g/mol. The Morgan fingerprint density at radius 2 is 2.12 bits per heavy atom. The second-order valence-corrected chi connectivity index (χ2v) is 3.93. The van der Waals surface area contributed by atoms with E-state index in [-0.39, 0.29) is 24.8 Å². The molecule has 1 aliphatic heterocycles. The van der Waals surface area contributed by atoms with Gasteiger partial charge in [0.15, 0.2) is 0 Å². The molecule has 0 aliphatic carbocycles. The van der Waals surface area contributed by atoms with Crippen LogP contribution in [0.25, 0.3) is 11.0 Å². The number of nitrogens with one attached hydrogen (secondary N) is 2. The molecular weight excluding hydrogens is 268 g/mol. The minimum Gasteiger partial charge on any atom is -0.343 e. The summed E-state index contributed by atoms with van der Waals surface area (Å²) in [5, 5.41) is 5.21. The third-order valence-corrected chi connectivity index (χ3v) is 3.00. The number of rotatable bonds is 0. The normalized spacial score (nSPS) is 13.8. The number of fused-ring (bicyclic) bond motifs is 3. The van der Waals surface area contributed by atoms with E-state index in [4.69, 9.17) is 11.6 Å². The number of aromatic amines is 1. The summed E-state index contributed by atoms with van der Waals surface area (Å²) in [4.78, 5) is 7.60. The number of hydrogen-bond acceptors (Lipinski definition) is 2. The maximum Gasteiger partial charge on any atom is 0.139 e. The van der Waals surface area contributed by atoms with Gasteiger partial charge < -0.3 is 10.3 Å². The van der Waals surface area contributed by atoms with Crippen LogP contribution in [-0.4, -0.2) is 16.5 Å². The summed E-state index contributed by atoms with van der Waals surface area (Å²) in [6.45, 7) is 1.91. The summed E-state index contributed by atoms with van der Waals surface area (Å²) >= 11 is 6.15. The summed E-state index contributed by atoms with van der Waals surface area (Å²) in [7, 11) is 0. The van der Waals surface area contributed by atoms with Crippen molar-refractivity contribution in [3.8, 4) is 0 Å². The van der Waals surface area contributed by atoms with Gasteiger partial charge in [0.05, 0.1) is 5.02 Å². The molecule has 0 radical (unpaired) electrons. The van der Waals surface area contributed by atoms with Crippen LogP contribution in [0.2, 0.25) is 5.02 Å². The third-order valence-electron chi connectivity index (χ3n) is 2.69. The molecule has 2 aromatic rings. The average Bonchev–Trinajstić information content (AvgIpc) is 2.57. The molecule has 3 heterocycles. The molecule has 0 saturated heterocycles. The van der Waals surface area contributed by atoms with Crippen LogP contribution < -0.4 is 5.32 Å². The van der Waals surface area contributed by atoms with Gasteiger partial charge in [-0.25, -0.2) is 4.98 Å². The largest absolute Gasteiger partial charge is 0.343 e. The lowest BCUT2D eigenvalue weighted by molar-refractivity contribution is 0.640. The van der Waals surface area contributed by atoms with Crippen LogP contribution in [0.15, 0.2) is 12.3 Å². The molecule has 2 aromatic heterocycles. The van der Waals surface area contributed by atoms with E-state index in [1.165, 1.54) is 11.3 Å². The molecule has 0 atom stereocenters. The van der Waals surface area contributed by atoms with E-state index in [9.17, 15) is 0 Å². The molecule has 0 spiro atoms. The quantitative estimate of drug-likeness (QED) is 0.779. The van der Waals surface area contributed by atoms with E-state index in [2.05, 4.69) is 15.3 Å². The Morgan fingerprint density at radius 3 is 2.94 bits per heavy atom. The highest BCUT2D eigenvalue weighted by molar-refractivity contribution is 6.35. The van der Waals surface area contributed by atoms with Crippen molar-refractivity contribution < 1.29 is 0 Å². The number of hydrogen-bond donors (Lipinski definition) is 2. The second kappa shape index (κ2) is 5.23. The van der Waals surface area contributed by atoms with E-state index in [0.717, 1.165) is 35.6 Å². The van der Waals surface area contributed by atoms with E-state index >= 15 is 0 Å². The van der Waals surface area contributed by atoms with Crippen molar-refractivity contribution in [2.45, 2.75) is 13.0 Å². The SMILES string of the molecule is Cl.Cl.Clc1ccnc2[nH]c3c(c12)CNCC3. The highest BCUT2D eigenvalue weighted by Gasteiger charge is 2.16. The molecular formula is C10H12Cl3N3. The topological polar surface area (TPSA) is 40.7 Å². The van der Waals surface area contributed by atoms with Crippen LogP contribution in [0.4, 0.5) is 0 Å². The zero-order chi connectivity index (χ0) is 9.54. The first-order valence-electron chi connectivity index (χ1n) is 4.71. The van der Waals surface area contributed by atoms with Crippen LogP contribution in [0, 0.1) is 0 Å². The molecule has 0 aromatic carbocycles. The number of H-pyrrole nitrogens is 1. The van der Waals surface area contributed by atoms with E-state index in [0.29, 0.717) is 0 Å².